The fraction of sp³-hybridized carbons (Fsp3) is 0.304. The molecular weight excluding hydrogens is 454 g/mol. The number of hydrazine groups is 2. The molecule has 0 spiro atoms. The summed E-state index contributed by atoms with van der Waals surface area (Å²) in [5, 5.41) is 11.7. The van der Waals surface area contributed by atoms with Gasteiger partial charge in [0, 0.05) is 29.3 Å². The number of piperazine rings is 1. The molecule has 0 radical (unpaired) electrons. The van der Waals surface area contributed by atoms with Gasteiger partial charge in [0.05, 0.1) is 17.9 Å². The van der Waals surface area contributed by atoms with Gasteiger partial charge in [-0.3, -0.25) is 9.91 Å². The number of nitrogens with zero attached hydrogens (tertiary/aromatic N) is 5. The van der Waals surface area contributed by atoms with E-state index in [9.17, 15) is 0 Å². The maximum absolute atomic E-state index is 4.99. The van der Waals surface area contributed by atoms with Crippen molar-refractivity contribution in [2.45, 2.75) is 32.4 Å². The van der Waals surface area contributed by atoms with E-state index < -0.39 is 0 Å². The van der Waals surface area contributed by atoms with Crippen molar-refractivity contribution in [1.82, 2.24) is 30.8 Å². The van der Waals surface area contributed by atoms with Gasteiger partial charge in [0.25, 0.3) is 0 Å². The number of hydrogen-bond donors (Lipinski definition) is 2. The lowest BCUT2D eigenvalue weighted by Gasteiger charge is -2.40. The fourth-order valence-electron chi connectivity index (χ4n) is 4.26. The van der Waals surface area contributed by atoms with Crippen molar-refractivity contribution in [3.63, 3.8) is 0 Å². The summed E-state index contributed by atoms with van der Waals surface area (Å²) in [7, 11) is 0. The van der Waals surface area contributed by atoms with Gasteiger partial charge in [-0.15, -0.1) is 10.6 Å². The Morgan fingerprint density at radius 2 is 1.84 bits per heavy atom. The number of fused-ring (bicyclic) bond motifs is 1. The molecule has 5 rings (SSSR count). The maximum Gasteiger partial charge on any atom is 0.164 e. The van der Waals surface area contributed by atoms with E-state index in [2.05, 4.69) is 98.5 Å². The van der Waals surface area contributed by atoms with Crippen LogP contribution in [0, 0.1) is 0 Å². The van der Waals surface area contributed by atoms with Crippen molar-refractivity contribution in [2.24, 2.45) is 5.10 Å². The number of amidine groups is 1. The van der Waals surface area contributed by atoms with E-state index >= 15 is 0 Å². The second-order valence-electron chi connectivity index (χ2n) is 8.25. The van der Waals surface area contributed by atoms with E-state index in [-0.39, 0.29) is 6.04 Å². The Labute approximate surface area is 190 Å². The first kappa shape index (κ1) is 20.2. The number of nitrogens with one attached hydrogen (secondary N) is 2. The van der Waals surface area contributed by atoms with Gasteiger partial charge in [-0.2, -0.15) is 5.10 Å². The molecule has 1 saturated heterocycles. The molecule has 8 heteroatoms. The van der Waals surface area contributed by atoms with Crippen LogP contribution in [0.15, 0.2) is 70.4 Å². The molecule has 0 saturated carbocycles. The van der Waals surface area contributed by atoms with Crippen molar-refractivity contribution < 1.29 is 0 Å². The quantitative estimate of drug-likeness (QED) is 0.579. The topological polar surface area (TPSA) is 60.7 Å². The Hall–Kier alpha value is -2.68. The van der Waals surface area contributed by atoms with Gasteiger partial charge in [-0.05, 0) is 35.7 Å². The summed E-state index contributed by atoms with van der Waals surface area (Å²) in [5.74, 6) is 1.28. The van der Waals surface area contributed by atoms with Gasteiger partial charge in [0.2, 0.25) is 0 Å². The Morgan fingerprint density at radius 3 is 2.58 bits per heavy atom. The van der Waals surface area contributed by atoms with Crippen LogP contribution in [-0.4, -0.2) is 38.6 Å². The number of halogens is 1. The van der Waals surface area contributed by atoms with E-state index in [1.54, 1.807) is 0 Å². The number of aromatic nitrogens is 2. The molecule has 2 aromatic carbocycles. The highest BCUT2D eigenvalue weighted by Crippen LogP contribution is 2.34. The van der Waals surface area contributed by atoms with Crippen LogP contribution >= 0.6 is 15.9 Å². The third-order valence-corrected chi connectivity index (χ3v) is 6.31. The molecule has 2 aliphatic heterocycles. The van der Waals surface area contributed by atoms with E-state index in [0.29, 0.717) is 5.92 Å². The first-order valence-corrected chi connectivity index (χ1v) is 11.4. The first-order valence-electron chi connectivity index (χ1n) is 10.6. The summed E-state index contributed by atoms with van der Waals surface area (Å²) in [5.41, 5.74) is 10.7. The number of rotatable bonds is 5. The summed E-state index contributed by atoms with van der Waals surface area (Å²) in [4.78, 5) is 2.49. The molecule has 0 bridgehead atoms. The normalized spacial score (nSPS) is 18.8. The SMILES string of the molecule is CC(C)c1nn(-c2ccccc2)cc1C1C2=NNNN2CCN1Cc1ccc(Br)cc1. The zero-order valence-electron chi connectivity index (χ0n) is 17.7. The lowest BCUT2D eigenvalue weighted by molar-refractivity contribution is 0.145. The highest BCUT2D eigenvalue weighted by atomic mass is 79.9. The third-order valence-electron chi connectivity index (χ3n) is 5.79. The minimum Gasteiger partial charge on any atom is -0.283 e. The molecule has 7 nitrogen and oxygen atoms in total. The average molecular weight is 480 g/mol. The van der Waals surface area contributed by atoms with Crippen LogP contribution in [0.3, 0.4) is 0 Å². The summed E-state index contributed by atoms with van der Waals surface area (Å²) in [6, 6.07) is 18.9. The number of benzene rings is 2. The lowest BCUT2D eigenvalue weighted by atomic mass is 9.96. The van der Waals surface area contributed by atoms with Gasteiger partial charge in [-0.1, -0.05) is 60.1 Å². The predicted molar refractivity (Wildman–Crippen MR) is 125 cm³/mol. The first-order chi connectivity index (χ1) is 15.1. The number of hydrazone groups is 1. The molecule has 1 atom stereocenters. The molecule has 2 aliphatic rings. The Bertz CT molecular complexity index is 1080. The van der Waals surface area contributed by atoms with Crippen LogP contribution in [0.1, 0.15) is 42.6 Å². The van der Waals surface area contributed by atoms with Crippen LogP contribution in [0.5, 0.6) is 0 Å². The van der Waals surface area contributed by atoms with E-state index in [0.717, 1.165) is 41.3 Å². The van der Waals surface area contributed by atoms with Gasteiger partial charge in [-0.25, -0.2) is 10.2 Å². The molecule has 0 amide bonds. The fourth-order valence-corrected chi connectivity index (χ4v) is 4.53. The number of para-hydroxylation sites is 1. The Kier molecular flexibility index (Phi) is 5.52. The van der Waals surface area contributed by atoms with E-state index in [1.807, 2.05) is 22.9 Å². The lowest BCUT2D eigenvalue weighted by Crippen LogP contribution is -2.54. The maximum atomic E-state index is 4.99. The van der Waals surface area contributed by atoms with Crippen molar-refractivity contribution in [3.8, 4) is 5.69 Å². The highest BCUT2D eigenvalue weighted by molar-refractivity contribution is 9.10. The van der Waals surface area contributed by atoms with Gasteiger partial charge < -0.3 is 0 Å². The van der Waals surface area contributed by atoms with Crippen LogP contribution in [0.2, 0.25) is 0 Å². The molecular formula is C23H26BrN7. The monoisotopic (exact) mass is 479 g/mol. The summed E-state index contributed by atoms with van der Waals surface area (Å²) in [6.45, 7) is 7.03. The van der Waals surface area contributed by atoms with Crippen molar-refractivity contribution >= 4 is 21.8 Å². The van der Waals surface area contributed by atoms with Crippen LogP contribution < -0.4 is 11.1 Å². The van der Waals surface area contributed by atoms with Gasteiger partial charge in [0.15, 0.2) is 5.84 Å². The minimum absolute atomic E-state index is 0.00904. The number of hydrogen-bond acceptors (Lipinski definition) is 6. The molecule has 1 unspecified atom stereocenters. The molecule has 1 aromatic heterocycles. The summed E-state index contributed by atoms with van der Waals surface area (Å²) in [6.07, 6.45) is 2.17. The largest absolute Gasteiger partial charge is 0.283 e. The average Bonchev–Trinajstić information content (AvgIpc) is 3.43. The zero-order chi connectivity index (χ0) is 21.4. The van der Waals surface area contributed by atoms with E-state index in [4.69, 9.17) is 5.10 Å². The molecule has 3 aromatic rings. The molecule has 2 N–H and O–H groups in total. The van der Waals surface area contributed by atoms with Crippen molar-refractivity contribution in [1.29, 1.82) is 0 Å². The minimum atomic E-state index is 0.00904. The standard InChI is InChI=1S/C23H26BrN7/c1-16(2)21-20(15-31(26-21)19-6-4-3-5-7-19)22-23-25-27-28-30(23)13-12-29(22)14-17-8-10-18(24)11-9-17/h3-11,15-16,22,27-28H,12-14H2,1-2H3. The second kappa shape index (κ2) is 8.45. The van der Waals surface area contributed by atoms with Crippen LogP contribution in [0.25, 0.3) is 5.69 Å². The molecule has 0 aliphatic carbocycles. The second-order valence-corrected chi connectivity index (χ2v) is 9.16. The zero-order valence-corrected chi connectivity index (χ0v) is 19.2. The molecule has 31 heavy (non-hydrogen) atoms. The summed E-state index contributed by atoms with van der Waals surface area (Å²) < 4.78 is 3.09. The predicted octanol–water partition coefficient (Wildman–Crippen LogP) is 3.95. The Morgan fingerprint density at radius 1 is 1.06 bits per heavy atom. The van der Waals surface area contributed by atoms with E-state index in [1.165, 1.54) is 11.1 Å². The van der Waals surface area contributed by atoms with Crippen molar-refractivity contribution in [2.75, 3.05) is 13.1 Å². The molecule has 3 heterocycles. The summed E-state index contributed by atoms with van der Waals surface area (Å²) >= 11 is 3.54. The van der Waals surface area contributed by atoms with Gasteiger partial charge in [0.1, 0.15) is 6.04 Å². The smallest absolute Gasteiger partial charge is 0.164 e. The molecule has 1 fully saturated rings. The van der Waals surface area contributed by atoms with Crippen LogP contribution in [-0.2, 0) is 6.54 Å². The Balaban J connectivity index is 1.57. The van der Waals surface area contributed by atoms with Crippen LogP contribution in [0.4, 0.5) is 0 Å². The van der Waals surface area contributed by atoms with Crippen molar-refractivity contribution in [3.05, 3.63) is 82.1 Å². The molecule has 160 valence electrons. The van der Waals surface area contributed by atoms with Gasteiger partial charge >= 0.3 is 0 Å². The highest BCUT2D eigenvalue weighted by Gasteiger charge is 2.39. The third kappa shape index (κ3) is 3.98.